The van der Waals surface area contributed by atoms with Gasteiger partial charge in [0.15, 0.2) is 0 Å². The van der Waals surface area contributed by atoms with Crippen LogP contribution in [-0.2, 0) is 0 Å². The van der Waals surface area contributed by atoms with Crippen LogP contribution in [0.25, 0.3) is 0 Å². The summed E-state index contributed by atoms with van der Waals surface area (Å²) < 4.78 is 1.85. The highest BCUT2D eigenvalue weighted by atomic mass is 35.5. The SMILES string of the molecule is S=c1[nH]ncn1/N=C\c1ccc(Cl)cc1Cl. The van der Waals surface area contributed by atoms with Crippen LogP contribution >= 0.6 is 35.4 Å². The van der Waals surface area contributed by atoms with Crippen molar-refractivity contribution in [3.63, 3.8) is 0 Å². The molecule has 4 nitrogen and oxygen atoms in total. The van der Waals surface area contributed by atoms with Gasteiger partial charge < -0.3 is 0 Å². The van der Waals surface area contributed by atoms with Gasteiger partial charge in [-0.1, -0.05) is 29.3 Å². The zero-order valence-corrected chi connectivity index (χ0v) is 10.2. The van der Waals surface area contributed by atoms with Crippen LogP contribution in [0.3, 0.4) is 0 Å². The van der Waals surface area contributed by atoms with Gasteiger partial charge in [-0.25, -0.2) is 0 Å². The number of halogens is 2. The number of benzene rings is 1. The molecule has 0 saturated carbocycles. The second kappa shape index (κ2) is 4.78. The average Bonchev–Trinajstić information content (AvgIpc) is 2.63. The molecule has 0 amide bonds. The predicted octanol–water partition coefficient (Wildman–Crippen LogP) is 3.13. The number of aromatic nitrogens is 3. The maximum atomic E-state index is 5.98. The fraction of sp³-hybridized carbons (Fsp3) is 0. The molecule has 0 fully saturated rings. The van der Waals surface area contributed by atoms with Crippen LogP contribution in [0.15, 0.2) is 29.6 Å². The smallest absolute Gasteiger partial charge is 0.216 e. The van der Waals surface area contributed by atoms with E-state index in [4.69, 9.17) is 35.4 Å². The van der Waals surface area contributed by atoms with E-state index in [1.54, 1.807) is 24.4 Å². The summed E-state index contributed by atoms with van der Waals surface area (Å²) in [5.41, 5.74) is 0.758. The zero-order chi connectivity index (χ0) is 11.5. The third kappa shape index (κ3) is 2.49. The molecule has 82 valence electrons. The molecule has 1 N–H and O–H groups in total. The van der Waals surface area contributed by atoms with Gasteiger partial charge >= 0.3 is 0 Å². The third-order valence-corrected chi connectivity index (χ3v) is 2.66. The number of aromatic amines is 1. The van der Waals surface area contributed by atoms with Crippen LogP contribution in [0.5, 0.6) is 0 Å². The lowest BCUT2D eigenvalue weighted by Crippen LogP contribution is -1.89. The first-order chi connectivity index (χ1) is 7.66. The van der Waals surface area contributed by atoms with Gasteiger partial charge in [0.2, 0.25) is 4.77 Å². The number of nitrogens with one attached hydrogen (secondary N) is 1. The zero-order valence-electron chi connectivity index (χ0n) is 7.89. The van der Waals surface area contributed by atoms with Gasteiger partial charge in [0.05, 0.1) is 11.2 Å². The Labute approximate surface area is 107 Å². The molecule has 1 aromatic carbocycles. The van der Waals surface area contributed by atoms with Crippen LogP contribution in [0.2, 0.25) is 10.0 Å². The minimum atomic E-state index is 0.418. The Balaban J connectivity index is 2.31. The number of hydrogen-bond donors (Lipinski definition) is 1. The summed E-state index contributed by atoms with van der Waals surface area (Å²) in [6.07, 6.45) is 3.06. The van der Waals surface area contributed by atoms with E-state index in [2.05, 4.69) is 15.3 Å². The van der Waals surface area contributed by atoms with E-state index in [1.807, 2.05) is 0 Å². The Morgan fingerprint density at radius 2 is 2.25 bits per heavy atom. The number of rotatable bonds is 2. The molecule has 2 rings (SSSR count). The van der Waals surface area contributed by atoms with Gasteiger partial charge in [0, 0.05) is 10.6 Å². The van der Waals surface area contributed by atoms with Crippen molar-refractivity contribution in [1.29, 1.82) is 0 Å². The lowest BCUT2D eigenvalue weighted by molar-refractivity contribution is 0.863. The van der Waals surface area contributed by atoms with Crippen molar-refractivity contribution in [2.75, 3.05) is 0 Å². The predicted molar refractivity (Wildman–Crippen MR) is 66.9 cm³/mol. The lowest BCUT2D eigenvalue weighted by atomic mass is 10.2. The molecule has 2 aromatic rings. The van der Waals surface area contributed by atoms with Gasteiger partial charge in [0.25, 0.3) is 0 Å². The molecule has 1 aromatic heterocycles. The molecular formula is C9H6Cl2N4S. The maximum absolute atomic E-state index is 5.98. The second-order valence-electron chi connectivity index (χ2n) is 2.92. The Morgan fingerprint density at radius 3 is 2.88 bits per heavy atom. The largest absolute Gasteiger partial charge is 0.250 e. The monoisotopic (exact) mass is 272 g/mol. The highest BCUT2D eigenvalue weighted by molar-refractivity contribution is 7.71. The van der Waals surface area contributed by atoms with Crippen LogP contribution in [-0.4, -0.2) is 21.1 Å². The molecular weight excluding hydrogens is 267 g/mol. The lowest BCUT2D eigenvalue weighted by Gasteiger charge is -1.97. The van der Waals surface area contributed by atoms with E-state index in [-0.39, 0.29) is 0 Å². The fourth-order valence-electron chi connectivity index (χ4n) is 1.06. The molecule has 0 atom stereocenters. The quantitative estimate of drug-likeness (QED) is 0.675. The number of nitrogens with zero attached hydrogens (tertiary/aromatic N) is 3. The van der Waals surface area contributed by atoms with Gasteiger partial charge in [-0.3, -0.25) is 5.10 Å². The number of H-pyrrole nitrogens is 1. The van der Waals surface area contributed by atoms with Crippen LogP contribution in [0, 0.1) is 4.77 Å². The minimum Gasteiger partial charge on any atom is -0.250 e. The molecule has 0 aliphatic heterocycles. The van der Waals surface area contributed by atoms with Crippen molar-refractivity contribution in [3.05, 3.63) is 44.9 Å². The Morgan fingerprint density at radius 1 is 1.44 bits per heavy atom. The third-order valence-electron chi connectivity index (χ3n) is 1.82. The van der Waals surface area contributed by atoms with Crippen molar-refractivity contribution < 1.29 is 0 Å². The van der Waals surface area contributed by atoms with Crippen molar-refractivity contribution in [3.8, 4) is 0 Å². The summed E-state index contributed by atoms with van der Waals surface area (Å²) in [7, 11) is 0. The summed E-state index contributed by atoms with van der Waals surface area (Å²) in [4.78, 5) is 0. The fourth-order valence-corrected chi connectivity index (χ4v) is 1.66. The molecule has 0 radical (unpaired) electrons. The van der Waals surface area contributed by atoms with E-state index in [9.17, 15) is 0 Å². The van der Waals surface area contributed by atoms with Gasteiger partial charge in [-0.2, -0.15) is 14.9 Å². The van der Waals surface area contributed by atoms with Crippen LogP contribution in [0.1, 0.15) is 5.56 Å². The highest BCUT2D eigenvalue weighted by Crippen LogP contribution is 2.19. The molecule has 0 spiro atoms. The van der Waals surface area contributed by atoms with Gasteiger partial charge in [0.1, 0.15) is 6.33 Å². The van der Waals surface area contributed by atoms with Crippen molar-refractivity contribution in [1.82, 2.24) is 14.9 Å². The van der Waals surface area contributed by atoms with E-state index >= 15 is 0 Å². The molecule has 0 bridgehead atoms. The average molecular weight is 273 g/mol. The molecule has 1 heterocycles. The van der Waals surface area contributed by atoms with Gasteiger partial charge in [-0.15, -0.1) is 0 Å². The first-order valence-corrected chi connectivity index (χ1v) is 5.44. The Bertz CT molecular complexity index is 587. The Kier molecular flexibility index (Phi) is 3.38. The summed E-state index contributed by atoms with van der Waals surface area (Å²) in [6.45, 7) is 0. The van der Waals surface area contributed by atoms with Crippen molar-refractivity contribution >= 4 is 41.6 Å². The van der Waals surface area contributed by atoms with E-state index in [1.165, 1.54) is 11.0 Å². The standard InChI is InChI=1S/C9H6Cl2N4S/c10-7-2-1-6(8(11)3-7)4-13-15-5-12-14-9(15)16/h1-5H,(H,14,16)/b13-4-. The summed E-state index contributed by atoms with van der Waals surface area (Å²) in [6, 6.07) is 5.17. The summed E-state index contributed by atoms with van der Waals surface area (Å²) in [5, 5.41) is 11.5. The minimum absolute atomic E-state index is 0.418. The molecule has 7 heteroatoms. The first-order valence-electron chi connectivity index (χ1n) is 4.28. The highest BCUT2D eigenvalue weighted by Gasteiger charge is 1.98. The van der Waals surface area contributed by atoms with Crippen molar-refractivity contribution in [2.24, 2.45) is 5.10 Å². The molecule has 0 aliphatic rings. The van der Waals surface area contributed by atoms with Gasteiger partial charge in [-0.05, 0) is 24.4 Å². The van der Waals surface area contributed by atoms with E-state index in [0.717, 1.165) is 5.56 Å². The summed E-state index contributed by atoms with van der Waals surface area (Å²) >= 11 is 16.7. The molecule has 0 saturated heterocycles. The first kappa shape index (κ1) is 11.3. The second-order valence-corrected chi connectivity index (χ2v) is 4.15. The topological polar surface area (TPSA) is 46.0 Å². The molecule has 0 unspecified atom stereocenters. The molecule has 16 heavy (non-hydrogen) atoms. The van der Waals surface area contributed by atoms with Crippen LogP contribution in [0.4, 0.5) is 0 Å². The maximum Gasteiger partial charge on any atom is 0.216 e. The summed E-state index contributed by atoms with van der Waals surface area (Å²) in [5.74, 6) is 0. The normalized spacial score (nSPS) is 11.1. The van der Waals surface area contributed by atoms with Crippen LogP contribution < -0.4 is 0 Å². The van der Waals surface area contributed by atoms with E-state index < -0.39 is 0 Å². The Hall–Kier alpha value is -1.17. The number of hydrogen-bond acceptors (Lipinski definition) is 3. The van der Waals surface area contributed by atoms with Crippen molar-refractivity contribution in [2.45, 2.75) is 0 Å². The van der Waals surface area contributed by atoms with E-state index in [0.29, 0.717) is 14.8 Å². The molecule has 0 aliphatic carbocycles.